The van der Waals surface area contributed by atoms with Crippen molar-refractivity contribution in [3.8, 4) is 0 Å². The Morgan fingerprint density at radius 2 is 2.25 bits per heavy atom. The molecule has 0 aliphatic heterocycles. The fourth-order valence-corrected chi connectivity index (χ4v) is 0.687. The van der Waals surface area contributed by atoms with Gasteiger partial charge >= 0.3 is 0 Å². The summed E-state index contributed by atoms with van der Waals surface area (Å²) in [5.74, 6) is -0.334. The van der Waals surface area contributed by atoms with E-state index in [-0.39, 0.29) is 12.5 Å². The molecule has 1 radical (unpaired) electrons. The number of nitrogens with zero attached hydrogens (tertiary/aromatic N) is 1. The average Bonchev–Trinajstić information content (AvgIpc) is 2.03. The van der Waals surface area contributed by atoms with Gasteiger partial charge in [0, 0.05) is 6.42 Å². The van der Waals surface area contributed by atoms with Gasteiger partial charge in [-0.25, -0.2) is 5.06 Å². The number of rotatable bonds is 7. The van der Waals surface area contributed by atoms with Gasteiger partial charge in [0.2, 0.25) is 12.3 Å². The third-order valence-electron chi connectivity index (χ3n) is 1.27. The minimum atomic E-state index is -0.334. The lowest BCUT2D eigenvalue weighted by Gasteiger charge is -2.06. The zero-order valence-corrected chi connectivity index (χ0v) is 6.77. The minimum absolute atomic E-state index is 0.183. The number of hydrogen-bond donors (Lipinski definition) is 2. The van der Waals surface area contributed by atoms with E-state index >= 15 is 0 Å². The van der Waals surface area contributed by atoms with E-state index in [0.29, 0.717) is 30.7 Å². The van der Waals surface area contributed by atoms with Crippen molar-refractivity contribution in [1.29, 1.82) is 0 Å². The Kier molecular flexibility index (Phi) is 6.00. The second-order valence-electron chi connectivity index (χ2n) is 2.37. The summed E-state index contributed by atoms with van der Waals surface area (Å²) < 4.78 is 0. The molecule has 0 aliphatic rings. The van der Waals surface area contributed by atoms with Gasteiger partial charge < -0.3 is 5.73 Å². The number of nitrogens with two attached hydrogens (primary N) is 1. The predicted molar refractivity (Wildman–Crippen MR) is 41.9 cm³/mol. The zero-order valence-electron chi connectivity index (χ0n) is 6.77. The summed E-state index contributed by atoms with van der Waals surface area (Å²) in [6.07, 6.45) is 3.68. The van der Waals surface area contributed by atoms with E-state index in [0.717, 1.165) is 0 Å². The normalized spacial score (nSPS) is 9.42. The number of carbonyl (C=O) groups is 2. The quantitative estimate of drug-likeness (QED) is 0.240. The van der Waals surface area contributed by atoms with Gasteiger partial charge in [0.1, 0.15) is 0 Å². The topological polar surface area (TPSA) is 83.6 Å². The molecule has 2 amide bonds. The van der Waals surface area contributed by atoms with Crippen LogP contribution in [0.4, 0.5) is 0 Å². The van der Waals surface area contributed by atoms with Crippen LogP contribution < -0.4 is 5.73 Å². The highest BCUT2D eigenvalue weighted by Gasteiger charge is 1.97. The fraction of sp³-hybridized carbons (Fsp3) is 0.571. The summed E-state index contributed by atoms with van der Waals surface area (Å²) >= 11 is 0. The van der Waals surface area contributed by atoms with E-state index in [4.69, 9.17) is 10.9 Å². The van der Waals surface area contributed by atoms with Gasteiger partial charge in [-0.15, -0.1) is 0 Å². The number of unbranched alkanes of at least 4 members (excludes halogenated alkanes) is 2. The maximum absolute atomic E-state index is 10.2. The molecule has 0 saturated carbocycles. The maximum atomic E-state index is 10.2. The Bertz CT molecular complexity index is 150. The number of amides is 2. The van der Waals surface area contributed by atoms with Crippen LogP contribution in [-0.2, 0) is 9.59 Å². The largest absolute Gasteiger partial charge is 0.370 e. The van der Waals surface area contributed by atoms with Crippen LogP contribution in [0.15, 0.2) is 0 Å². The number of primary amides is 1. The van der Waals surface area contributed by atoms with E-state index in [1.165, 1.54) is 0 Å². The third-order valence-corrected chi connectivity index (χ3v) is 1.27. The van der Waals surface area contributed by atoms with Gasteiger partial charge in [-0.1, -0.05) is 0 Å². The van der Waals surface area contributed by atoms with E-state index < -0.39 is 0 Å². The Morgan fingerprint density at radius 3 is 2.75 bits per heavy atom. The molecule has 5 nitrogen and oxygen atoms in total. The summed E-state index contributed by atoms with van der Waals surface area (Å²) in [5, 5.41) is 9.14. The van der Waals surface area contributed by atoms with E-state index in [1.54, 1.807) is 6.42 Å². The Hall–Kier alpha value is -1.10. The van der Waals surface area contributed by atoms with Crippen LogP contribution in [0.2, 0.25) is 0 Å². The third kappa shape index (κ3) is 7.01. The molecule has 0 fully saturated rings. The Balaban J connectivity index is 3.10. The Morgan fingerprint density at radius 1 is 1.58 bits per heavy atom. The van der Waals surface area contributed by atoms with Gasteiger partial charge in [0.25, 0.3) is 0 Å². The van der Waals surface area contributed by atoms with Gasteiger partial charge in [-0.2, -0.15) is 0 Å². The number of hydrogen-bond acceptors (Lipinski definition) is 3. The van der Waals surface area contributed by atoms with Gasteiger partial charge in [-0.3, -0.25) is 14.8 Å². The molecule has 0 heterocycles. The van der Waals surface area contributed by atoms with Crippen LogP contribution in [0.3, 0.4) is 0 Å². The molecule has 3 N–H and O–H groups in total. The standard InChI is InChI=1S/C7H13N2O3/c8-7(11)4-2-1-3-5-9(12)6-10/h3,6,12H,1-2,4-5H2,(H2,8,11). The molecule has 0 aromatic rings. The molecule has 0 aromatic carbocycles. The van der Waals surface area contributed by atoms with E-state index in [1.807, 2.05) is 0 Å². The fourth-order valence-electron chi connectivity index (χ4n) is 0.687. The van der Waals surface area contributed by atoms with Crippen LogP contribution in [0.25, 0.3) is 0 Å². The highest BCUT2D eigenvalue weighted by molar-refractivity contribution is 5.73. The van der Waals surface area contributed by atoms with E-state index in [2.05, 4.69) is 0 Å². The van der Waals surface area contributed by atoms with Crippen molar-refractivity contribution < 1.29 is 14.8 Å². The molecule has 12 heavy (non-hydrogen) atoms. The molecule has 0 unspecified atom stereocenters. The van der Waals surface area contributed by atoms with Crippen molar-refractivity contribution in [2.45, 2.75) is 19.3 Å². The molecular formula is C7H13N2O3. The van der Waals surface area contributed by atoms with Crippen LogP contribution in [0.1, 0.15) is 19.3 Å². The monoisotopic (exact) mass is 173 g/mol. The van der Waals surface area contributed by atoms with Crippen molar-refractivity contribution in [3.63, 3.8) is 0 Å². The number of hydroxylamine groups is 2. The molecule has 69 valence electrons. The maximum Gasteiger partial charge on any atom is 0.233 e. The van der Waals surface area contributed by atoms with E-state index in [9.17, 15) is 9.59 Å². The van der Waals surface area contributed by atoms with Crippen LogP contribution in [0, 0.1) is 6.42 Å². The summed E-state index contributed by atoms with van der Waals surface area (Å²) in [7, 11) is 0. The zero-order chi connectivity index (χ0) is 9.40. The highest BCUT2D eigenvalue weighted by atomic mass is 16.5. The van der Waals surface area contributed by atoms with Crippen LogP contribution >= 0.6 is 0 Å². The van der Waals surface area contributed by atoms with Crippen LogP contribution in [-0.4, -0.2) is 29.1 Å². The first-order valence-corrected chi connectivity index (χ1v) is 3.67. The molecule has 0 rings (SSSR count). The minimum Gasteiger partial charge on any atom is -0.370 e. The van der Waals surface area contributed by atoms with Crippen molar-refractivity contribution in [2.75, 3.05) is 6.54 Å². The highest BCUT2D eigenvalue weighted by Crippen LogP contribution is 1.98. The summed E-state index contributed by atoms with van der Waals surface area (Å²) in [6.45, 7) is 0.183. The molecule has 0 atom stereocenters. The lowest BCUT2D eigenvalue weighted by Crippen LogP contribution is -2.18. The first-order valence-electron chi connectivity index (χ1n) is 3.67. The van der Waals surface area contributed by atoms with Gasteiger partial charge in [-0.05, 0) is 19.3 Å². The molecule has 0 saturated heterocycles. The predicted octanol–water partition coefficient (Wildman–Crippen LogP) is -0.306. The second-order valence-corrected chi connectivity index (χ2v) is 2.37. The Labute approximate surface area is 71.1 Å². The number of carbonyl (C=O) groups excluding carboxylic acids is 2. The first kappa shape index (κ1) is 10.9. The molecule has 0 spiro atoms. The van der Waals surface area contributed by atoms with Crippen LogP contribution in [0.5, 0.6) is 0 Å². The lowest BCUT2D eigenvalue weighted by molar-refractivity contribution is -0.148. The molecule has 0 bridgehead atoms. The molecule has 0 aromatic heterocycles. The van der Waals surface area contributed by atoms with Crippen molar-refractivity contribution in [2.24, 2.45) is 5.73 Å². The van der Waals surface area contributed by atoms with Crippen molar-refractivity contribution in [3.05, 3.63) is 6.42 Å². The summed E-state index contributed by atoms with van der Waals surface area (Å²) in [4.78, 5) is 20.1. The van der Waals surface area contributed by atoms with Crippen molar-refractivity contribution >= 4 is 12.3 Å². The molecule has 5 heteroatoms. The van der Waals surface area contributed by atoms with Crippen molar-refractivity contribution in [1.82, 2.24) is 5.06 Å². The lowest BCUT2D eigenvalue weighted by atomic mass is 10.2. The summed E-state index contributed by atoms with van der Waals surface area (Å²) in [6, 6.07) is 0. The average molecular weight is 173 g/mol. The molecular weight excluding hydrogens is 160 g/mol. The van der Waals surface area contributed by atoms with Gasteiger partial charge in [0.15, 0.2) is 0 Å². The SMILES string of the molecule is NC(=O)CCC[CH]CN(O)C=O. The second kappa shape index (κ2) is 6.60. The first-order chi connectivity index (χ1) is 5.66. The smallest absolute Gasteiger partial charge is 0.233 e. The van der Waals surface area contributed by atoms with Gasteiger partial charge in [0.05, 0.1) is 6.54 Å². The molecule has 0 aliphatic carbocycles. The summed E-state index contributed by atoms with van der Waals surface area (Å²) in [5.41, 5.74) is 4.89.